The van der Waals surface area contributed by atoms with Crippen LogP contribution in [0, 0.1) is 12.3 Å². The molecule has 3 N–H and O–H groups in total. The van der Waals surface area contributed by atoms with Gasteiger partial charge in [0.1, 0.15) is 5.75 Å². The van der Waals surface area contributed by atoms with E-state index in [4.69, 9.17) is 4.74 Å². The molecule has 1 aromatic rings. The lowest BCUT2D eigenvalue weighted by Crippen LogP contribution is -2.43. The Morgan fingerprint density at radius 2 is 1.73 bits per heavy atom. The molecular formula is C19H33IN4O2. The predicted molar refractivity (Wildman–Crippen MR) is 119 cm³/mol. The standard InChI is InChI=1S/C19H32N4O2.HI/c1-14-7-8-15(13-16(14)25-6)9-10-22-18(20-5)23-12-11-21-17(24)19(2,3)4;/h7-8,13H,9-12H2,1-6H3,(H,21,24)(H2,20,22,23);1H. The van der Waals surface area contributed by atoms with Crippen LogP contribution in [0.1, 0.15) is 31.9 Å². The minimum atomic E-state index is -0.366. The molecule has 0 aliphatic rings. The van der Waals surface area contributed by atoms with Gasteiger partial charge in [-0.05, 0) is 30.5 Å². The summed E-state index contributed by atoms with van der Waals surface area (Å²) in [7, 11) is 3.42. The van der Waals surface area contributed by atoms with E-state index in [1.54, 1.807) is 14.2 Å². The number of nitrogens with zero attached hydrogens (tertiary/aromatic N) is 1. The van der Waals surface area contributed by atoms with Gasteiger partial charge in [0.05, 0.1) is 7.11 Å². The highest BCUT2D eigenvalue weighted by atomic mass is 127. The van der Waals surface area contributed by atoms with Crippen molar-refractivity contribution >= 4 is 35.8 Å². The van der Waals surface area contributed by atoms with Crippen molar-refractivity contribution in [1.82, 2.24) is 16.0 Å². The first-order valence-corrected chi connectivity index (χ1v) is 8.64. The van der Waals surface area contributed by atoms with Gasteiger partial charge in [0.15, 0.2) is 5.96 Å². The number of aryl methyl sites for hydroxylation is 1. The third-order valence-electron chi connectivity index (χ3n) is 3.79. The van der Waals surface area contributed by atoms with Crippen LogP contribution < -0.4 is 20.7 Å². The highest BCUT2D eigenvalue weighted by molar-refractivity contribution is 14.0. The number of methoxy groups -OCH3 is 1. The molecule has 1 aromatic carbocycles. The summed E-state index contributed by atoms with van der Waals surface area (Å²) < 4.78 is 5.35. The molecule has 0 saturated carbocycles. The summed E-state index contributed by atoms with van der Waals surface area (Å²) in [6, 6.07) is 6.24. The van der Waals surface area contributed by atoms with Crippen molar-refractivity contribution in [3.63, 3.8) is 0 Å². The van der Waals surface area contributed by atoms with Gasteiger partial charge in [-0.25, -0.2) is 0 Å². The molecule has 0 saturated heterocycles. The Balaban J connectivity index is 0.00000625. The van der Waals surface area contributed by atoms with Crippen LogP contribution in [-0.2, 0) is 11.2 Å². The van der Waals surface area contributed by atoms with Crippen molar-refractivity contribution in [3.05, 3.63) is 29.3 Å². The number of benzene rings is 1. The summed E-state index contributed by atoms with van der Waals surface area (Å²) in [5.74, 6) is 1.68. The zero-order valence-electron chi connectivity index (χ0n) is 16.7. The minimum Gasteiger partial charge on any atom is -0.496 e. The maximum atomic E-state index is 11.8. The van der Waals surface area contributed by atoms with E-state index >= 15 is 0 Å². The Hall–Kier alpha value is -1.51. The lowest BCUT2D eigenvalue weighted by Gasteiger charge is -2.18. The van der Waals surface area contributed by atoms with Crippen LogP contribution in [0.15, 0.2) is 23.2 Å². The van der Waals surface area contributed by atoms with Crippen molar-refractivity contribution in [2.75, 3.05) is 33.8 Å². The number of amides is 1. The summed E-state index contributed by atoms with van der Waals surface area (Å²) in [4.78, 5) is 16.0. The lowest BCUT2D eigenvalue weighted by molar-refractivity contribution is -0.128. The summed E-state index contributed by atoms with van der Waals surface area (Å²) in [6.07, 6.45) is 0.873. The van der Waals surface area contributed by atoms with Crippen molar-refractivity contribution < 1.29 is 9.53 Å². The Labute approximate surface area is 174 Å². The minimum absolute atomic E-state index is 0. The molecule has 0 spiro atoms. The smallest absolute Gasteiger partial charge is 0.225 e. The number of rotatable bonds is 7. The van der Waals surface area contributed by atoms with Gasteiger partial charge < -0.3 is 20.7 Å². The first-order valence-electron chi connectivity index (χ1n) is 8.64. The van der Waals surface area contributed by atoms with E-state index < -0.39 is 0 Å². The first kappa shape index (κ1) is 24.5. The van der Waals surface area contributed by atoms with E-state index in [0.717, 1.165) is 30.2 Å². The molecule has 0 atom stereocenters. The van der Waals surface area contributed by atoms with Gasteiger partial charge in [0.25, 0.3) is 0 Å². The monoisotopic (exact) mass is 476 g/mol. The Bertz CT molecular complexity index is 598. The predicted octanol–water partition coefficient (Wildman–Crippen LogP) is 2.49. The molecule has 0 unspecified atom stereocenters. The molecular weight excluding hydrogens is 443 g/mol. The zero-order valence-corrected chi connectivity index (χ0v) is 19.1. The number of hydrogen-bond donors (Lipinski definition) is 3. The maximum Gasteiger partial charge on any atom is 0.225 e. The van der Waals surface area contributed by atoms with Crippen LogP contribution in [-0.4, -0.2) is 45.7 Å². The SMILES string of the molecule is CN=C(NCCNC(=O)C(C)(C)C)NCCc1ccc(C)c(OC)c1.I. The Kier molecular flexibility index (Phi) is 11.3. The molecule has 148 valence electrons. The molecule has 7 heteroatoms. The summed E-state index contributed by atoms with van der Waals surface area (Å²) in [6.45, 7) is 9.68. The fourth-order valence-corrected chi connectivity index (χ4v) is 2.19. The normalized spacial score (nSPS) is 11.4. The van der Waals surface area contributed by atoms with E-state index in [1.165, 1.54) is 5.56 Å². The molecule has 0 radical (unpaired) electrons. The lowest BCUT2D eigenvalue weighted by atomic mass is 9.96. The van der Waals surface area contributed by atoms with E-state index in [0.29, 0.717) is 13.1 Å². The molecule has 0 aliphatic heterocycles. The fourth-order valence-electron chi connectivity index (χ4n) is 2.19. The molecule has 0 heterocycles. The van der Waals surface area contributed by atoms with Crippen LogP contribution in [0.5, 0.6) is 5.75 Å². The van der Waals surface area contributed by atoms with Crippen molar-refractivity contribution in [2.45, 2.75) is 34.1 Å². The Morgan fingerprint density at radius 3 is 2.31 bits per heavy atom. The van der Waals surface area contributed by atoms with E-state index in [9.17, 15) is 4.79 Å². The van der Waals surface area contributed by atoms with Gasteiger partial charge in [-0.3, -0.25) is 9.79 Å². The molecule has 0 fully saturated rings. The number of carbonyl (C=O) groups excluding carboxylic acids is 1. The Morgan fingerprint density at radius 1 is 1.12 bits per heavy atom. The second-order valence-electron chi connectivity index (χ2n) is 6.99. The number of hydrogen-bond acceptors (Lipinski definition) is 3. The molecule has 0 aromatic heterocycles. The first-order chi connectivity index (χ1) is 11.8. The zero-order chi connectivity index (χ0) is 18.9. The number of nitrogens with one attached hydrogen (secondary N) is 3. The highest BCUT2D eigenvalue weighted by Crippen LogP contribution is 2.18. The second-order valence-corrected chi connectivity index (χ2v) is 6.99. The number of ether oxygens (including phenoxy) is 1. The summed E-state index contributed by atoms with van der Waals surface area (Å²) in [5.41, 5.74) is 1.98. The number of guanidine groups is 1. The average Bonchev–Trinajstić information content (AvgIpc) is 2.57. The molecule has 1 rings (SSSR count). The van der Waals surface area contributed by atoms with Crippen molar-refractivity contribution in [1.29, 1.82) is 0 Å². The molecule has 1 amide bonds. The third kappa shape index (κ3) is 8.73. The quantitative estimate of drug-likeness (QED) is 0.245. The van der Waals surface area contributed by atoms with Gasteiger partial charge in [-0.1, -0.05) is 32.9 Å². The van der Waals surface area contributed by atoms with Crippen LogP contribution in [0.3, 0.4) is 0 Å². The summed E-state index contributed by atoms with van der Waals surface area (Å²) >= 11 is 0. The third-order valence-corrected chi connectivity index (χ3v) is 3.79. The van der Waals surface area contributed by atoms with Crippen LogP contribution >= 0.6 is 24.0 Å². The molecule has 0 aliphatic carbocycles. The molecule has 0 bridgehead atoms. The number of aliphatic imine (C=N–C) groups is 1. The van der Waals surface area contributed by atoms with Crippen molar-refractivity contribution in [3.8, 4) is 5.75 Å². The van der Waals surface area contributed by atoms with Crippen molar-refractivity contribution in [2.24, 2.45) is 10.4 Å². The average molecular weight is 476 g/mol. The largest absolute Gasteiger partial charge is 0.496 e. The van der Waals surface area contributed by atoms with E-state index in [2.05, 4.69) is 39.1 Å². The molecule has 6 nitrogen and oxygen atoms in total. The van der Waals surface area contributed by atoms with Crippen LogP contribution in [0.4, 0.5) is 0 Å². The topological polar surface area (TPSA) is 74.8 Å². The van der Waals surface area contributed by atoms with Gasteiger partial charge >= 0.3 is 0 Å². The second kappa shape index (κ2) is 12.0. The molecule has 26 heavy (non-hydrogen) atoms. The number of halogens is 1. The van der Waals surface area contributed by atoms with Gasteiger partial charge in [-0.15, -0.1) is 24.0 Å². The number of carbonyl (C=O) groups is 1. The highest BCUT2D eigenvalue weighted by Gasteiger charge is 2.20. The van der Waals surface area contributed by atoms with Gasteiger partial charge in [0.2, 0.25) is 5.91 Å². The van der Waals surface area contributed by atoms with Gasteiger partial charge in [-0.2, -0.15) is 0 Å². The summed E-state index contributed by atoms with van der Waals surface area (Å²) in [5, 5.41) is 9.37. The van der Waals surface area contributed by atoms with Crippen LogP contribution in [0.25, 0.3) is 0 Å². The maximum absolute atomic E-state index is 11.8. The van der Waals surface area contributed by atoms with E-state index in [1.807, 2.05) is 27.7 Å². The fraction of sp³-hybridized carbons (Fsp3) is 0.579. The van der Waals surface area contributed by atoms with Crippen LogP contribution in [0.2, 0.25) is 0 Å². The van der Waals surface area contributed by atoms with Gasteiger partial charge in [0, 0.05) is 32.1 Å². The van der Waals surface area contributed by atoms with E-state index in [-0.39, 0.29) is 35.3 Å².